The van der Waals surface area contributed by atoms with Gasteiger partial charge in [0.2, 0.25) is 23.6 Å². The third-order valence-corrected chi connectivity index (χ3v) is 6.66. The van der Waals surface area contributed by atoms with E-state index in [9.17, 15) is 34.2 Å². The molecule has 0 aliphatic rings. The summed E-state index contributed by atoms with van der Waals surface area (Å²) in [5.41, 5.74) is 13.6. The number of aromatic nitrogens is 1. The van der Waals surface area contributed by atoms with Gasteiger partial charge in [0.15, 0.2) is 0 Å². The molecule has 0 aliphatic heterocycles. The Morgan fingerprint density at radius 1 is 0.854 bits per heavy atom. The van der Waals surface area contributed by atoms with Crippen LogP contribution < -0.4 is 27.4 Å². The summed E-state index contributed by atoms with van der Waals surface area (Å²) in [4.78, 5) is 65.5. The smallest absolute Gasteiger partial charge is 0.327 e. The summed E-state index contributed by atoms with van der Waals surface area (Å²) in [7, 11) is 0. The third-order valence-electron chi connectivity index (χ3n) is 6.30. The third kappa shape index (κ3) is 8.71. The minimum absolute atomic E-state index is 0.0204. The number of phenolic OH excluding ortho intramolecular Hbond substituents is 1. The summed E-state index contributed by atoms with van der Waals surface area (Å²) in [5.74, 6) is -4.93. The average Bonchev–Trinajstić information content (AvgIpc) is 3.34. The summed E-state index contributed by atoms with van der Waals surface area (Å²) in [5, 5.41) is 26.9. The number of primary amides is 1. The van der Waals surface area contributed by atoms with Crippen LogP contribution >= 0.6 is 12.6 Å². The summed E-state index contributed by atoms with van der Waals surface area (Å²) < 4.78 is 0. The number of para-hydroxylation sites is 1. The van der Waals surface area contributed by atoms with Gasteiger partial charge < -0.3 is 42.6 Å². The van der Waals surface area contributed by atoms with Crippen molar-refractivity contribution in [2.45, 2.75) is 43.4 Å². The lowest BCUT2D eigenvalue weighted by Crippen LogP contribution is -2.58. The molecule has 3 rings (SSSR count). The van der Waals surface area contributed by atoms with E-state index < -0.39 is 60.2 Å². The highest BCUT2D eigenvalue weighted by Crippen LogP contribution is 2.19. The quantitative estimate of drug-likeness (QED) is 0.110. The van der Waals surface area contributed by atoms with Crippen LogP contribution in [0.1, 0.15) is 17.5 Å². The number of carboxylic acid groups (broad SMARTS) is 1. The van der Waals surface area contributed by atoms with Crippen molar-refractivity contribution in [2.24, 2.45) is 11.5 Å². The van der Waals surface area contributed by atoms with Crippen molar-refractivity contribution in [2.75, 3.05) is 5.75 Å². The van der Waals surface area contributed by atoms with Gasteiger partial charge in [0.1, 0.15) is 23.9 Å². The monoisotopic (exact) mass is 584 g/mol. The number of thiol groups is 1. The van der Waals surface area contributed by atoms with Crippen LogP contribution in [0.5, 0.6) is 5.75 Å². The number of benzene rings is 2. The van der Waals surface area contributed by atoms with E-state index in [-0.39, 0.29) is 24.3 Å². The van der Waals surface area contributed by atoms with Crippen molar-refractivity contribution >= 4 is 53.1 Å². The molecule has 0 bridgehead atoms. The molecule has 3 aromatic rings. The number of nitrogens with one attached hydrogen (secondary N) is 4. The Bertz CT molecular complexity index is 1410. The Hall–Kier alpha value is -4.56. The first-order valence-electron chi connectivity index (χ1n) is 12.6. The van der Waals surface area contributed by atoms with Gasteiger partial charge in [0, 0.05) is 29.3 Å². The molecule has 218 valence electrons. The number of rotatable bonds is 14. The van der Waals surface area contributed by atoms with Crippen LogP contribution in [-0.4, -0.2) is 74.7 Å². The SMILES string of the molecule is NC(=O)CC(NC(=O)C(N)Cc1c[nH]c2ccccc12)C(=O)NC(Cc1ccc(O)cc1)C(=O)NC(CS)C(=O)O. The minimum Gasteiger partial charge on any atom is -0.508 e. The maximum absolute atomic E-state index is 13.2. The lowest BCUT2D eigenvalue weighted by molar-refractivity contribution is -0.141. The summed E-state index contributed by atoms with van der Waals surface area (Å²) >= 11 is 3.93. The van der Waals surface area contributed by atoms with Gasteiger partial charge in [0.05, 0.1) is 12.5 Å². The van der Waals surface area contributed by atoms with Crippen molar-refractivity contribution in [1.29, 1.82) is 0 Å². The van der Waals surface area contributed by atoms with E-state index in [1.165, 1.54) is 24.3 Å². The molecule has 0 aliphatic carbocycles. The molecule has 41 heavy (non-hydrogen) atoms. The van der Waals surface area contributed by atoms with Gasteiger partial charge in [-0.3, -0.25) is 19.2 Å². The highest BCUT2D eigenvalue weighted by atomic mass is 32.1. The van der Waals surface area contributed by atoms with Crippen molar-refractivity contribution in [1.82, 2.24) is 20.9 Å². The van der Waals surface area contributed by atoms with Crippen LogP contribution in [0.3, 0.4) is 0 Å². The number of amides is 4. The van der Waals surface area contributed by atoms with Crippen LogP contribution in [0.25, 0.3) is 10.9 Å². The topological polar surface area (TPSA) is 230 Å². The van der Waals surface area contributed by atoms with Crippen molar-refractivity contribution in [3.05, 3.63) is 65.9 Å². The molecule has 1 heterocycles. The fourth-order valence-corrected chi connectivity index (χ4v) is 4.37. The van der Waals surface area contributed by atoms with Crippen molar-refractivity contribution in [3.8, 4) is 5.75 Å². The number of aliphatic carboxylic acids is 1. The molecule has 4 amide bonds. The van der Waals surface area contributed by atoms with Gasteiger partial charge in [-0.05, 0) is 35.7 Å². The maximum Gasteiger partial charge on any atom is 0.327 e. The number of phenols is 1. The van der Waals surface area contributed by atoms with Gasteiger partial charge in [-0.15, -0.1) is 0 Å². The molecule has 2 aromatic carbocycles. The number of hydrogen-bond acceptors (Lipinski definition) is 8. The number of carboxylic acids is 1. The van der Waals surface area contributed by atoms with E-state index in [2.05, 4.69) is 33.6 Å². The molecule has 0 radical (unpaired) electrons. The van der Waals surface area contributed by atoms with Crippen molar-refractivity contribution in [3.63, 3.8) is 0 Å². The normalized spacial score (nSPS) is 13.9. The number of aromatic hydroxyl groups is 1. The Morgan fingerprint density at radius 3 is 2.10 bits per heavy atom. The lowest BCUT2D eigenvalue weighted by Gasteiger charge is -2.24. The molecule has 13 nitrogen and oxygen atoms in total. The van der Waals surface area contributed by atoms with Crippen molar-refractivity contribution < 1.29 is 34.2 Å². The fraction of sp³-hybridized carbons (Fsp3) is 0.296. The zero-order chi connectivity index (χ0) is 30.1. The molecular weight excluding hydrogens is 552 g/mol. The standard InChI is InChI=1S/C27H32N6O7S/c28-18(10-15-12-30-19-4-2-1-3-17(15)19)24(36)31-21(11-23(29)35)26(38)32-20(9-14-5-7-16(34)8-6-14)25(37)33-22(13-41)27(39)40/h1-8,12,18,20-22,30,34,41H,9-11,13,28H2,(H2,29,35)(H,31,36)(H,32,38)(H,33,37)(H,39,40). The molecular formula is C27H32N6O7S. The van der Waals surface area contributed by atoms with E-state index >= 15 is 0 Å². The predicted octanol–water partition coefficient (Wildman–Crippen LogP) is -0.670. The second-order valence-corrected chi connectivity index (χ2v) is 9.78. The second kappa shape index (κ2) is 14.2. The van der Waals surface area contributed by atoms with Crippen LogP contribution in [0.4, 0.5) is 0 Å². The van der Waals surface area contributed by atoms with E-state index in [1.54, 1.807) is 6.20 Å². The zero-order valence-corrected chi connectivity index (χ0v) is 22.8. The Kier molecular flexibility index (Phi) is 10.7. The molecule has 1 aromatic heterocycles. The number of carbonyl (C=O) groups excluding carboxylic acids is 4. The van der Waals surface area contributed by atoms with E-state index in [4.69, 9.17) is 11.5 Å². The number of H-pyrrole nitrogens is 1. The number of fused-ring (bicyclic) bond motifs is 1. The number of aromatic amines is 1. The largest absolute Gasteiger partial charge is 0.508 e. The molecule has 10 N–H and O–H groups in total. The van der Waals surface area contributed by atoms with Gasteiger partial charge in [-0.1, -0.05) is 30.3 Å². The minimum atomic E-state index is -1.47. The van der Waals surface area contributed by atoms with Gasteiger partial charge in [0.25, 0.3) is 0 Å². The highest BCUT2D eigenvalue weighted by Gasteiger charge is 2.31. The first-order valence-corrected chi connectivity index (χ1v) is 13.2. The second-order valence-electron chi connectivity index (χ2n) is 9.42. The fourth-order valence-electron chi connectivity index (χ4n) is 4.13. The molecule has 0 fully saturated rings. The highest BCUT2D eigenvalue weighted by molar-refractivity contribution is 7.80. The number of carbonyl (C=O) groups is 5. The maximum atomic E-state index is 13.2. The van der Waals surface area contributed by atoms with Crippen LogP contribution in [0.15, 0.2) is 54.7 Å². The van der Waals surface area contributed by atoms with Crippen LogP contribution in [0, 0.1) is 0 Å². The number of nitrogens with two attached hydrogens (primary N) is 2. The van der Waals surface area contributed by atoms with E-state index in [0.717, 1.165) is 16.5 Å². The van der Waals surface area contributed by atoms with Gasteiger partial charge in [-0.2, -0.15) is 12.6 Å². The Balaban J connectivity index is 1.76. The molecule has 4 atom stereocenters. The Labute approximate surface area is 240 Å². The lowest BCUT2D eigenvalue weighted by atomic mass is 10.0. The van der Waals surface area contributed by atoms with E-state index in [1.807, 2.05) is 24.3 Å². The van der Waals surface area contributed by atoms with Gasteiger partial charge in [-0.25, -0.2) is 4.79 Å². The average molecular weight is 585 g/mol. The molecule has 4 unspecified atom stereocenters. The predicted molar refractivity (Wildman–Crippen MR) is 153 cm³/mol. The van der Waals surface area contributed by atoms with Crippen LogP contribution in [-0.2, 0) is 36.8 Å². The van der Waals surface area contributed by atoms with Crippen LogP contribution in [0.2, 0.25) is 0 Å². The Morgan fingerprint density at radius 2 is 1.46 bits per heavy atom. The van der Waals surface area contributed by atoms with Gasteiger partial charge >= 0.3 is 5.97 Å². The molecule has 0 spiro atoms. The molecule has 0 saturated heterocycles. The summed E-state index contributed by atoms with van der Waals surface area (Å²) in [6, 6.07) is 8.03. The number of hydrogen-bond donors (Lipinski definition) is 9. The summed E-state index contributed by atoms with van der Waals surface area (Å²) in [6.45, 7) is 0. The first kappa shape index (κ1) is 31.0. The van der Waals surface area contributed by atoms with E-state index in [0.29, 0.717) is 5.56 Å². The zero-order valence-electron chi connectivity index (χ0n) is 21.9. The first-order chi connectivity index (χ1) is 19.5. The summed E-state index contributed by atoms with van der Waals surface area (Å²) in [6.07, 6.45) is 1.17. The molecule has 0 saturated carbocycles. The molecule has 14 heteroatoms.